The quantitative estimate of drug-likeness (QED) is 0.698. The van der Waals surface area contributed by atoms with Gasteiger partial charge in [0.1, 0.15) is 0 Å². The fraction of sp³-hybridized carbons (Fsp3) is 0.818. The molecule has 1 aliphatic rings. The molecule has 1 saturated heterocycles. The monoisotopic (exact) mass is 210 g/mol. The number of carboxylic acid groups (broad SMARTS) is 1. The maximum Gasteiger partial charge on any atom is 0.308 e. The van der Waals surface area contributed by atoms with E-state index in [0.717, 1.165) is 32.4 Å². The lowest BCUT2D eigenvalue weighted by atomic mass is 10.0. The summed E-state index contributed by atoms with van der Waals surface area (Å²) in [6, 6.07) is 2.26. The van der Waals surface area contributed by atoms with E-state index in [1.54, 1.807) is 0 Å². The third kappa shape index (κ3) is 3.21. The van der Waals surface area contributed by atoms with Gasteiger partial charge in [0.05, 0.1) is 12.0 Å². The summed E-state index contributed by atoms with van der Waals surface area (Å²) in [6.07, 6.45) is 3.26. The van der Waals surface area contributed by atoms with Gasteiger partial charge in [-0.05, 0) is 39.3 Å². The number of hydrogen-bond acceptors (Lipinski definition) is 3. The second kappa shape index (κ2) is 5.72. The summed E-state index contributed by atoms with van der Waals surface area (Å²) in [5.74, 6) is -0.886. The molecule has 0 spiro atoms. The Kier molecular flexibility index (Phi) is 4.57. The van der Waals surface area contributed by atoms with Crippen molar-refractivity contribution in [3.63, 3.8) is 0 Å². The van der Waals surface area contributed by atoms with Crippen molar-refractivity contribution >= 4 is 5.97 Å². The zero-order valence-electron chi connectivity index (χ0n) is 9.15. The molecule has 0 radical (unpaired) electrons. The highest BCUT2D eigenvalue weighted by atomic mass is 16.4. The molecule has 0 amide bonds. The molecule has 15 heavy (non-hydrogen) atoms. The van der Waals surface area contributed by atoms with Crippen LogP contribution >= 0.6 is 0 Å². The molecule has 0 aromatic heterocycles. The maximum atomic E-state index is 10.9. The van der Waals surface area contributed by atoms with Crippen LogP contribution in [0.15, 0.2) is 0 Å². The van der Waals surface area contributed by atoms with Gasteiger partial charge in [-0.1, -0.05) is 0 Å². The molecule has 0 aromatic rings. The zero-order valence-corrected chi connectivity index (χ0v) is 9.15. The van der Waals surface area contributed by atoms with Crippen molar-refractivity contribution < 1.29 is 9.90 Å². The number of carbonyl (C=O) groups is 1. The van der Waals surface area contributed by atoms with Crippen molar-refractivity contribution in [2.75, 3.05) is 13.1 Å². The second-order valence-corrected chi connectivity index (χ2v) is 4.13. The number of hydrogen-bond donors (Lipinski definition) is 1. The van der Waals surface area contributed by atoms with Crippen LogP contribution < -0.4 is 0 Å². The molecule has 0 bridgehead atoms. The molecule has 2 atom stereocenters. The zero-order chi connectivity index (χ0) is 11.3. The normalized spacial score (nSPS) is 26.4. The van der Waals surface area contributed by atoms with Crippen molar-refractivity contribution in [2.45, 2.75) is 38.6 Å². The van der Waals surface area contributed by atoms with E-state index >= 15 is 0 Å². The first-order chi connectivity index (χ1) is 7.16. The molecule has 1 rings (SSSR count). The van der Waals surface area contributed by atoms with Crippen LogP contribution in [0.25, 0.3) is 0 Å². The second-order valence-electron chi connectivity index (χ2n) is 4.13. The molecule has 84 valence electrons. The van der Waals surface area contributed by atoms with Crippen LogP contribution in [0.3, 0.4) is 0 Å². The lowest BCUT2D eigenvalue weighted by Crippen LogP contribution is -2.33. The van der Waals surface area contributed by atoms with Crippen LogP contribution in [0, 0.1) is 17.2 Å². The minimum absolute atomic E-state index is 0.143. The van der Waals surface area contributed by atoms with E-state index in [1.807, 2.05) is 6.92 Å². The van der Waals surface area contributed by atoms with Crippen LogP contribution in [0.1, 0.15) is 32.6 Å². The van der Waals surface area contributed by atoms with Gasteiger partial charge in [-0.3, -0.25) is 9.69 Å². The van der Waals surface area contributed by atoms with Gasteiger partial charge >= 0.3 is 5.97 Å². The van der Waals surface area contributed by atoms with Crippen molar-refractivity contribution in [3.8, 4) is 6.07 Å². The van der Waals surface area contributed by atoms with Crippen LogP contribution in [-0.2, 0) is 4.79 Å². The van der Waals surface area contributed by atoms with E-state index in [-0.39, 0.29) is 12.0 Å². The third-order valence-electron chi connectivity index (χ3n) is 3.19. The fourth-order valence-electron chi connectivity index (χ4n) is 2.17. The average molecular weight is 210 g/mol. The Morgan fingerprint density at radius 1 is 1.60 bits per heavy atom. The van der Waals surface area contributed by atoms with Gasteiger partial charge in [0, 0.05) is 12.5 Å². The van der Waals surface area contributed by atoms with Crippen LogP contribution in [0.2, 0.25) is 0 Å². The highest BCUT2D eigenvalue weighted by Crippen LogP contribution is 2.24. The Morgan fingerprint density at radius 3 is 2.87 bits per heavy atom. The molecule has 0 aromatic carbocycles. The number of carboxylic acids is 1. The molecule has 4 heteroatoms. The van der Waals surface area contributed by atoms with Gasteiger partial charge in [0.15, 0.2) is 0 Å². The number of likely N-dealkylation sites (tertiary alicyclic amines) is 1. The van der Waals surface area contributed by atoms with Crippen molar-refractivity contribution in [1.29, 1.82) is 5.26 Å². The Morgan fingerprint density at radius 2 is 2.33 bits per heavy atom. The predicted molar refractivity (Wildman–Crippen MR) is 56.2 cm³/mol. The van der Waals surface area contributed by atoms with Crippen LogP contribution in [0.5, 0.6) is 0 Å². The summed E-state index contributed by atoms with van der Waals surface area (Å²) in [4.78, 5) is 13.1. The summed E-state index contributed by atoms with van der Waals surface area (Å²) < 4.78 is 0. The highest BCUT2D eigenvalue weighted by Gasteiger charge is 2.34. The fourth-order valence-corrected chi connectivity index (χ4v) is 2.17. The van der Waals surface area contributed by atoms with Gasteiger partial charge in [-0.15, -0.1) is 0 Å². The summed E-state index contributed by atoms with van der Waals surface area (Å²) >= 11 is 0. The Bertz CT molecular complexity index is 260. The minimum Gasteiger partial charge on any atom is -0.481 e. The van der Waals surface area contributed by atoms with E-state index in [1.165, 1.54) is 0 Å². The van der Waals surface area contributed by atoms with E-state index in [2.05, 4.69) is 11.0 Å². The Labute approximate surface area is 90.5 Å². The molecular formula is C11H18N2O2. The van der Waals surface area contributed by atoms with Gasteiger partial charge in [-0.25, -0.2) is 0 Å². The Hall–Kier alpha value is -1.08. The first-order valence-electron chi connectivity index (χ1n) is 5.50. The molecule has 2 unspecified atom stereocenters. The standard InChI is InChI=1S/C11H18N2O2/c1-9-10(11(14)15)5-8-13(9)7-4-2-3-6-12/h9-10H,2-5,7-8H2,1H3,(H,14,15). The van der Waals surface area contributed by atoms with Gasteiger partial charge in [0.2, 0.25) is 0 Å². The first kappa shape index (κ1) is 12.0. The summed E-state index contributed by atoms with van der Waals surface area (Å²) in [6.45, 7) is 3.79. The molecule has 1 fully saturated rings. The number of nitrogens with zero attached hydrogens (tertiary/aromatic N) is 2. The number of aliphatic carboxylic acids is 1. The summed E-state index contributed by atoms with van der Waals surface area (Å²) in [5, 5.41) is 17.3. The maximum absolute atomic E-state index is 10.9. The first-order valence-corrected chi connectivity index (χ1v) is 5.50. The van der Waals surface area contributed by atoms with Crippen molar-refractivity contribution in [2.24, 2.45) is 5.92 Å². The molecule has 1 heterocycles. The molecule has 1 aliphatic heterocycles. The Balaban J connectivity index is 2.27. The van der Waals surface area contributed by atoms with Crippen molar-refractivity contribution in [1.82, 2.24) is 4.90 Å². The van der Waals surface area contributed by atoms with Gasteiger partial charge in [-0.2, -0.15) is 5.26 Å². The SMILES string of the molecule is CC1C(C(=O)O)CCN1CCCCC#N. The van der Waals surface area contributed by atoms with E-state index in [0.29, 0.717) is 6.42 Å². The lowest BCUT2D eigenvalue weighted by Gasteiger charge is -2.22. The third-order valence-corrected chi connectivity index (χ3v) is 3.19. The topological polar surface area (TPSA) is 64.3 Å². The molecular weight excluding hydrogens is 192 g/mol. The number of nitriles is 1. The van der Waals surface area contributed by atoms with Crippen LogP contribution in [-0.4, -0.2) is 35.1 Å². The highest BCUT2D eigenvalue weighted by molar-refractivity contribution is 5.71. The smallest absolute Gasteiger partial charge is 0.308 e. The van der Waals surface area contributed by atoms with Crippen LogP contribution in [0.4, 0.5) is 0 Å². The molecule has 0 aliphatic carbocycles. The van der Waals surface area contributed by atoms with Gasteiger partial charge < -0.3 is 5.11 Å². The van der Waals surface area contributed by atoms with Crippen molar-refractivity contribution in [3.05, 3.63) is 0 Å². The molecule has 4 nitrogen and oxygen atoms in total. The number of rotatable bonds is 5. The summed E-state index contributed by atoms with van der Waals surface area (Å²) in [5.41, 5.74) is 0. The summed E-state index contributed by atoms with van der Waals surface area (Å²) in [7, 11) is 0. The predicted octanol–water partition coefficient (Wildman–Crippen LogP) is 1.48. The number of unbranched alkanes of at least 4 members (excludes halogenated alkanes) is 2. The largest absolute Gasteiger partial charge is 0.481 e. The van der Waals surface area contributed by atoms with Gasteiger partial charge in [0.25, 0.3) is 0 Å². The molecule has 1 N–H and O–H groups in total. The van der Waals surface area contributed by atoms with E-state index in [4.69, 9.17) is 10.4 Å². The minimum atomic E-state index is -0.679. The lowest BCUT2D eigenvalue weighted by molar-refractivity contribution is -0.142. The van der Waals surface area contributed by atoms with E-state index in [9.17, 15) is 4.79 Å². The van der Waals surface area contributed by atoms with E-state index < -0.39 is 5.97 Å². The average Bonchev–Trinajstić information content (AvgIpc) is 2.55. The molecule has 0 saturated carbocycles.